The number of benzene rings is 17. The lowest BCUT2D eigenvalue weighted by Gasteiger charge is -2.30. The van der Waals surface area contributed by atoms with Crippen molar-refractivity contribution >= 4 is 0 Å². The summed E-state index contributed by atoms with van der Waals surface area (Å²) >= 11 is 0. The second-order valence-corrected chi connectivity index (χ2v) is 32.4. The highest BCUT2D eigenvalue weighted by molar-refractivity contribution is 5.95. The fourth-order valence-corrected chi connectivity index (χ4v) is 15.4. The standard InChI is InChI=1S/C27H20.2C20H18.2C14H14.3C8H10/c1-17-11-13-21-22-14-12-18(2)16-26(22)27(25(21)15-17)23-9-5-3-7-19(23)20-8-4-6-10-24(20)27;1-15-3-7-17(8-4-15)19-11-13-20(14-12-19)18-9-5-16(2)6-10-18;1-15-9-11-17(12-10-15)19-7-4-8-20(14-19)18-6-3-5-16(2)13-18;1-11-3-7-13(8-4-11)14-9-5-12(2)6-10-14;1-11-5-3-7-13(9-11)14-8-4-6-12(2)10-14;1-7-3-5-8(2)6-4-7;1-7-4-3-5-8(2)6-7;1-7-5-3-4-6-8(7)2/h3-16H,1-2H3;2*3-14H,1-2H3;2*3-10H,1-2H3;3*3-6H,1-2H3. The molecular formula is C119H114. The van der Waals surface area contributed by atoms with E-state index in [4.69, 9.17) is 0 Å². The van der Waals surface area contributed by atoms with E-state index in [1.165, 1.54) is 200 Å². The van der Waals surface area contributed by atoms with Crippen molar-refractivity contribution in [1.29, 1.82) is 0 Å². The van der Waals surface area contributed by atoms with Gasteiger partial charge in [0.1, 0.15) is 0 Å². The molecule has 0 unspecified atom stereocenters. The molecule has 0 heterocycles. The molecule has 590 valence electrons. The van der Waals surface area contributed by atoms with Crippen molar-refractivity contribution in [2.75, 3.05) is 0 Å². The topological polar surface area (TPSA) is 0 Å². The fraction of sp³-hybridized carbons (Fsp3) is 0.143. The van der Waals surface area contributed by atoms with Gasteiger partial charge in [-0.05, 0) is 239 Å². The third-order valence-electron chi connectivity index (χ3n) is 22.3. The van der Waals surface area contributed by atoms with Crippen molar-refractivity contribution in [2.24, 2.45) is 0 Å². The Morgan fingerprint density at radius 2 is 0.311 bits per heavy atom. The summed E-state index contributed by atoms with van der Waals surface area (Å²) in [6.07, 6.45) is 0. The van der Waals surface area contributed by atoms with Crippen LogP contribution >= 0.6 is 0 Å². The summed E-state index contributed by atoms with van der Waals surface area (Å²) in [5, 5.41) is 0. The summed E-state index contributed by atoms with van der Waals surface area (Å²) < 4.78 is 0. The Balaban J connectivity index is 0.000000129. The zero-order valence-electron chi connectivity index (χ0n) is 72.6. The van der Waals surface area contributed by atoms with Crippen LogP contribution in [-0.4, -0.2) is 0 Å². The second kappa shape index (κ2) is 40.5. The van der Waals surface area contributed by atoms with Gasteiger partial charge in [0.2, 0.25) is 0 Å². The smallest absolute Gasteiger partial charge is 0.0620 e. The summed E-state index contributed by atoms with van der Waals surface area (Å²) in [7, 11) is 0. The van der Waals surface area contributed by atoms with E-state index in [9.17, 15) is 0 Å². The Bertz CT molecular complexity index is 5840. The van der Waals surface area contributed by atoms with Crippen LogP contribution in [0.15, 0.2) is 400 Å². The van der Waals surface area contributed by atoms with Crippen molar-refractivity contribution in [3.05, 3.63) is 512 Å². The molecule has 0 nitrogen and oxygen atoms in total. The third kappa shape index (κ3) is 22.5. The van der Waals surface area contributed by atoms with E-state index in [1.807, 2.05) is 0 Å². The van der Waals surface area contributed by atoms with E-state index < -0.39 is 0 Å². The first-order valence-electron chi connectivity index (χ1n) is 41.8. The lowest BCUT2D eigenvalue weighted by molar-refractivity contribution is 0.791. The van der Waals surface area contributed by atoms with Crippen molar-refractivity contribution in [3.63, 3.8) is 0 Å². The van der Waals surface area contributed by atoms with Gasteiger partial charge in [-0.2, -0.15) is 0 Å². The van der Waals surface area contributed by atoms with E-state index >= 15 is 0 Å². The average Bonchev–Trinajstić information content (AvgIpc) is 1.51. The number of aryl methyl sites for hydroxylation is 16. The maximum Gasteiger partial charge on any atom is 0.0725 e. The van der Waals surface area contributed by atoms with Crippen molar-refractivity contribution < 1.29 is 0 Å². The third-order valence-corrected chi connectivity index (χ3v) is 22.3. The molecule has 119 heavy (non-hydrogen) atoms. The first kappa shape index (κ1) is 85.1. The quantitative estimate of drug-likeness (QED) is 0.156. The van der Waals surface area contributed by atoms with Gasteiger partial charge in [0, 0.05) is 0 Å². The van der Waals surface area contributed by atoms with Crippen molar-refractivity contribution in [3.8, 4) is 89.0 Å². The predicted molar refractivity (Wildman–Crippen MR) is 516 cm³/mol. The molecule has 0 saturated carbocycles. The number of rotatable bonds is 6. The molecule has 0 atom stereocenters. The molecule has 0 radical (unpaired) electrons. The second-order valence-electron chi connectivity index (χ2n) is 32.4. The van der Waals surface area contributed by atoms with E-state index in [2.05, 4.69) is 511 Å². The van der Waals surface area contributed by atoms with E-state index in [0.717, 1.165) is 0 Å². The SMILES string of the molecule is Cc1ccc(-c2ccc(-c3ccc(C)cc3)cc2)cc1.Cc1ccc(-c2ccc(C)cc2)cc1.Cc1ccc(-c2cccc(-c3cccc(C)c3)c2)cc1.Cc1ccc(C)cc1.Cc1ccc2c(c1)C1(c3ccccc3-c3ccccc31)c1cc(C)ccc1-2.Cc1cccc(-c2cccc(C)c2)c1.Cc1cccc(C)c1.Cc1ccccc1C. The molecule has 1 spiro atoms. The minimum Gasteiger partial charge on any atom is -0.0620 e. The zero-order valence-corrected chi connectivity index (χ0v) is 72.6. The van der Waals surface area contributed by atoms with Crippen LogP contribution in [0.1, 0.15) is 111 Å². The molecule has 0 heteroatoms. The zero-order chi connectivity index (χ0) is 84.0. The molecule has 2 aliphatic rings. The maximum atomic E-state index is 2.41. The molecule has 0 aliphatic heterocycles. The Labute approximate surface area is 712 Å². The summed E-state index contributed by atoms with van der Waals surface area (Å²) in [6, 6.07) is 144. The van der Waals surface area contributed by atoms with Crippen LogP contribution in [0.3, 0.4) is 0 Å². The van der Waals surface area contributed by atoms with Gasteiger partial charge in [0.05, 0.1) is 5.41 Å². The Kier molecular flexibility index (Phi) is 29.0. The van der Waals surface area contributed by atoms with Crippen LogP contribution in [-0.2, 0) is 5.41 Å². The van der Waals surface area contributed by atoms with Crippen LogP contribution in [0.25, 0.3) is 89.0 Å². The van der Waals surface area contributed by atoms with Gasteiger partial charge >= 0.3 is 0 Å². The van der Waals surface area contributed by atoms with Gasteiger partial charge in [-0.15, -0.1) is 0 Å². The lowest BCUT2D eigenvalue weighted by atomic mass is 9.70. The van der Waals surface area contributed by atoms with E-state index in [0.29, 0.717) is 0 Å². The van der Waals surface area contributed by atoms with Crippen molar-refractivity contribution in [2.45, 2.75) is 116 Å². The highest BCUT2D eigenvalue weighted by Gasteiger charge is 2.51. The van der Waals surface area contributed by atoms with Crippen LogP contribution < -0.4 is 0 Å². The Hall–Kier alpha value is -13.3. The van der Waals surface area contributed by atoms with Crippen LogP contribution in [0.5, 0.6) is 0 Å². The normalized spacial score (nSPS) is 11.1. The fourth-order valence-electron chi connectivity index (χ4n) is 15.4. The van der Waals surface area contributed by atoms with E-state index in [1.54, 1.807) is 0 Å². The minimum atomic E-state index is -0.199. The molecule has 2 aliphatic carbocycles. The first-order chi connectivity index (χ1) is 57.5. The van der Waals surface area contributed by atoms with E-state index in [-0.39, 0.29) is 5.41 Å². The lowest BCUT2D eigenvalue weighted by Crippen LogP contribution is -2.26. The molecule has 0 aromatic heterocycles. The molecule has 0 bridgehead atoms. The average molecular weight is 1540 g/mol. The molecule has 19 rings (SSSR count). The minimum absolute atomic E-state index is 0.199. The molecule has 0 saturated heterocycles. The number of hydrogen-bond acceptors (Lipinski definition) is 0. The molecular weight excluding hydrogens is 1430 g/mol. The highest BCUT2D eigenvalue weighted by Crippen LogP contribution is 2.63. The van der Waals surface area contributed by atoms with Gasteiger partial charge in [0.25, 0.3) is 0 Å². The molecule has 0 amide bonds. The van der Waals surface area contributed by atoms with Crippen LogP contribution in [0, 0.1) is 111 Å². The van der Waals surface area contributed by atoms with Gasteiger partial charge in [-0.1, -0.05) is 472 Å². The largest absolute Gasteiger partial charge is 0.0725 e. The summed E-state index contributed by atoms with van der Waals surface area (Å²) in [5.74, 6) is 0. The van der Waals surface area contributed by atoms with Gasteiger partial charge in [-0.3, -0.25) is 0 Å². The molecule has 17 aromatic rings. The van der Waals surface area contributed by atoms with Gasteiger partial charge in [0.15, 0.2) is 0 Å². The monoisotopic (exact) mass is 1540 g/mol. The molecule has 17 aromatic carbocycles. The molecule has 0 fully saturated rings. The van der Waals surface area contributed by atoms with Crippen LogP contribution in [0.2, 0.25) is 0 Å². The van der Waals surface area contributed by atoms with Crippen molar-refractivity contribution in [1.82, 2.24) is 0 Å². The van der Waals surface area contributed by atoms with Crippen LogP contribution in [0.4, 0.5) is 0 Å². The summed E-state index contributed by atoms with van der Waals surface area (Å²) in [5.41, 5.74) is 47.4. The molecule has 0 N–H and O–H groups in total. The first-order valence-corrected chi connectivity index (χ1v) is 41.8. The maximum absolute atomic E-state index is 2.41. The Morgan fingerprint density at radius 1 is 0.118 bits per heavy atom. The number of fused-ring (bicyclic) bond motifs is 10. The number of hydrogen-bond donors (Lipinski definition) is 0. The Morgan fingerprint density at radius 3 is 0.580 bits per heavy atom. The van der Waals surface area contributed by atoms with Gasteiger partial charge < -0.3 is 0 Å². The highest BCUT2D eigenvalue weighted by atomic mass is 14.5. The summed E-state index contributed by atoms with van der Waals surface area (Å²) in [4.78, 5) is 0. The predicted octanol–water partition coefficient (Wildman–Crippen LogP) is 32.8. The van der Waals surface area contributed by atoms with Gasteiger partial charge in [-0.25, -0.2) is 0 Å². The summed E-state index contributed by atoms with van der Waals surface area (Å²) in [6.45, 7) is 34.0.